The lowest BCUT2D eigenvalue weighted by Crippen LogP contribution is -2.37. The van der Waals surface area contributed by atoms with Gasteiger partial charge in [-0.3, -0.25) is 9.78 Å². The van der Waals surface area contributed by atoms with Crippen LogP contribution < -0.4 is 5.73 Å². The number of aromatic nitrogens is 1. The second-order valence-corrected chi connectivity index (χ2v) is 5.33. The van der Waals surface area contributed by atoms with E-state index < -0.39 is 0 Å². The van der Waals surface area contributed by atoms with Crippen LogP contribution in [0.2, 0.25) is 0 Å². The smallest absolute Gasteiger partial charge is 0.224 e. The van der Waals surface area contributed by atoms with E-state index in [4.69, 9.17) is 5.73 Å². The summed E-state index contributed by atoms with van der Waals surface area (Å²) in [5, 5.41) is 0. The molecule has 19 heavy (non-hydrogen) atoms. The fourth-order valence-corrected chi connectivity index (χ4v) is 2.29. The topological polar surface area (TPSA) is 59.2 Å². The molecule has 1 aromatic rings. The standard InChI is InChI=1S/C15H23N3O/c1-2-5-12(16)10-15(19)18(14-7-8-14)11-13-6-3-4-9-17-13/h3-4,6,9,12,14H,2,5,7-8,10-11,16H2,1H3. The average Bonchev–Trinajstić information content (AvgIpc) is 3.21. The minimum atomic E-state index is -0.0116. The molecule has 2 N–H and O–H groups in total. The largest absolute Gasteiger partial charge is 0.334 e. The molecule has 1 atom stereocenters. The summed E-state index contributed by atoms with van der Waals surface area (Å²) in [6.07, 6.45) is 6.39. The molecule has 0 saturated heterocycles. The number of hydrogen-bond donors (Lipinski definition) is 1. The van der Waals surface area contributed by atoms with Crippen LogP contribution in [0.3, 0.4) is 0 Å². The Bertz CT molecular complexity index is 403. The van der Waals surface area contributed by atoms with E-state index in [1.54, 1.807) is 6.20 Å². The van der Waals surface area contributed by atoms with Gasteiger partial charge in [-0.15, -0.1) is 0 Å². The summed E-state index contributed by atoms with van der Waals surface area (Å²) in [5.41, 5.74) is 6.92. The van der Waals surface area contributed by atoms with Gasteiger partial charge in [-0.25, -0.2) is 0 Å². The summed E-state index contributed by atoms with van der Waals surface area (Å²) in [5.74, 6) is 0.175. The number of carbonyl (C=O) groups excluding carboxylic acids is 1. The third-order valence-electron chi connectivity index (χ3n) is 3.46. The predicted octanol–water partition coefficient (Wildman–Crippen LogP) is 2.09. The fourth-order valence-electron chi connectivity index (χ4n) is 2.29. The second-order valence-electron chi connectivity index (χ2n) is 5.33. The number of amides is 1. The lowest BCUT2D eigenvalue weighted by molar-refractivity contribution is -0.132. The second kappa shape index (κ2) is 6.66. The Hall–Kier alpha value is -1.42. The van der Waals surface area contributed by atoms with Gasteiger partial charge in [0.25, 0.3) is 0 Å². The molecule has 1 fully saturated rings. The molecule has 1 aliphatic carbocycles. The molecule has 1 unspecified atom stereocenters. The normalized spacial score (nSPS) is 16.1. The Morgan fingerprint density at radius 2 is 2.32 bits per heavy atom. The van der Waals surface area contributed by atoms with Crippen molar-refractivity contribution in [1.29, 1.82) is 0 Å². The zero-order chi connectivity index (χ0) is 13.7. The van der Waals surface area contributed by atoms with E-state index in [-0.39, 0.29) is 11.9 Å². The molecule has 0 bridgehead atoms. The highest BCUT2D eigenvalue weighted by molar-refractivity contribution is 5.77. The number of carbonyl (C=O) groups is 1. The molecule has 4 nitrogen and oxygen atoms in total. The molecule has 4 heteroatoms. The number of pyridine rings is 1. The summed E-state index contributed by atoms with van der Waals surface area (Å²) in [4.78, 5) is 18.6. The van der Waals surface area contributed by atoms with Gasteiger partial charge < -0.3 is 10.6 Å². The first-order chi connectivity index (χ1) is 9.20. The summed E-state index contributed by atoms with van der Waals surface area (Å²) in [6.45, 7) is 2.71. The van der Waals surface area contributed by atoms with Crippen LogP contribution in [-0.4, -0.2) is 27.9 Å². The van der Waals surface area contributed by atoms with Crippen LogP contribution >= 0.6 is 0 Å². The van der Waals surface area contributed by atoms with Crippen LogP contribution in [0, 0.1) is 0 Å². The minimum Gasteiger partial charge on any atom is -0.334 e. The minimum absolute atomic E-state index is 0.0116. The van der Waals surface area contributed by atoms with Crippen molar-refractivity contribution in [2.75, 3.05) is 0 Å². The molecule has 0 radical (unpaired) electrons. The highest BCUT2D eigenvalue weighted by Gasteiger charge is 2.33. The molecule has 0 aliphatic heterocycles. The molecule has 2 rings (SSSR count). The number of nitrogens with two attached hydrogens (primary N) is 1. The first-order valence-corrected chi connectivity index (χ1v) is 7.15. The Balaban J connectivity index is 1.94. The van der Waals surface area contributed by atoms with E-state index in [1.165, 1.54) is 0 Å². The predicted molar refractivity (Wildman–Crippen MR) is 75.3 cm³/mol. The lowest BCUT2D eigenvalue weighted by atomic mass is 10.1. The first kappa shape index (κ1) is 14.0. The molecule has 1 aromatic heterocycles. The van der Waals surface area contributed by atoms with Crippen molar-refractivity contribution < 1.29 is 4.79 Å². The van der Waals surface area contributed by atoms with Crippen LogP contribution in [0.15, 0.2) is 24.4 Å². The van der Waals surface area contributed by atoms with Gasteiger partial charge in [0.2, 0.25) is 5.91 Å². The molecule has 0 aromatic carbocycles. The van der Waals surface area contributed by atoms with Crippen molar-refractivity contribution in [2.24, 2.45) is 5.73 Å². The Labute approximate surface area is 115 Å². The molecule has 1 aliphatic rings. The molecule has 1 saturated carbocycles. The lowest BCUT2D eigenvalue weighted by Gasteiger charge is -2.23. The molecular weight excluding hydrogens is 238 g/mol. The van der Waals surface area contributed by atoms with E-state index in [1.807, 2.05) is 23.1 Å². The zero-order valence-electron chi connectivity index (χ0n) is 11.6. The Morgan fingerprint density at radius 3 is 2.89 bits per heavy atom. The summed E-state index contributed by atoms with van der Waals surface area (Å²) in [7, 11) is 0. The molecule has 1 heterocycles. The third kappa shape index (κ3) is 4.31. The average molecular weight is 261 g/mol. The van der Waals surface area contributed by atoms with Crippen LogP contribution in [0.5, 0.6) is 0 Å². The van der Waals surface area contributed by atoms with Crippen LogP contribution in [0.25, 0.3) is 0 Å². The Morgan fingerprint density at radius 1 is 1.53 bits per heavy atom. The fraction of sp³-hybridized carbons (Fsp3) is 0.600. The molecule has 1 amide bonds. The van der Waals surface area contributed by atoms with Crippen LogP contribution in [-0.2, 0) is 11.3 Å². The van der Waals surface area contributed by atoms with Crippen molar-refractivity contribution in [3.63, 3.8) is 0 Å². The van der Waals surface area contributed by atoms with Gasteiger partial charge in [0.1, 0.15) is 0 Å². The van der Waals surface area contributed by atoms with Crippen molar-refractivity contribution in [1.82, 2.24) is 9.88 Å². The van der Waals surface area contributed by atoms with Crippen LogP contribution in [0.4, 0.5) is 0 Å². The number of nitrogens with zero attached hydrogens (tertiary/aromatic N) is 2. The van der Waals surface area contributed by atoms with Crippen LogP contribution in [0.1, 0.15) is 44.7 Å². The van der Waals surface area contributed by atoms with Crippen molar-refractivity contribution in [3.05, 3.63) is 30.1 Å². The van der Waals surface area contributed by atoms with E-state index >= 15 is 0 Å². The summed E-state index contributed by atoms with van der Waals surface area (Å²) in [6, 6.07) is 6.21. The quantitative estimate of drug-likeness (QED) is 0.817. The van der Waals surface area contributed by atoms with E-state index in [0.29, 0.717) is 19.0 Å². The number of rotatable bonds is 7. The Kier molecular flexibility index (Phi) is 4.91. The van der Waals surface area contributed by atoms with Crippen molar-refractivity contribution >= 4 is 5.91 Å². The van der Waals surface area contributed by atoms with Crippen molar-refractivity contribution in [3.8, 4) is 0 Å². The third-order valence-corrected chi connectivity index (χ3v) is 3.46. The first-order valence-electron chi connectivity index (χ1n) is 7.15. The maximum absolute atomic E-state index is 12.3. The van der Waals surface area contributed by atoms with Gasteiger partial charge in [0, 0.05) is 24.7 Å². The maximum Gasteiger partial charge on any atom is 0.224 e. The van der Waals surface area contributed by atoms with Gasteiger partial charge in [-0.2, -0.15) is 0 Å². The van der Waals surface area contributed by atoms with Gasteiger partial charge in [0.05, 0.1) is 12.2 Å². The maximum atomic E-state index is 12.3. The monoisotopic (exact) mass is 261 g/mol. The zero-order valence-corrected chi connectivity index (χ0v) is 11.6. The van der Waals surface area contributed by atoms with E-state index in [2.05, 4.69) is 11.9 Å². The van der Waals surface area contributed by atoms with E-state index in [9.17, 15) is 4.79 Å². The number of hydrogen-bond acceptors (Lipinski definition) is 3. The SMILES string of the molecule is CCCC(N)CC(=O)N(Cc1ccccn1)C1CC1. The summed E-state index contributed by atoms with van der Waals surface area (Å²) < 4.78 is 0. The molecule has 104 valence electrons. The van der Waals surface area contributed by atoms with Gasteiger partial charge in [-0.1, -0.05) is 19.4 Å². The summed E-state index contributed by atoms with van der Waals surface area (Å²) >= 11 is 0. The highest BCUT2D eigenvalue weighted by Crippen LogP contribution is 2.28. The van der Waals surface area contributed by atoms with Crippen molar-refractivity contribution in [2.45, 2.75) is 57.7 Å². The molecule has 0 spiro atoms. The highest BCUT2D eigenvalue weighted by atomic mass is 16.2. The van der Waals surface area contributed by atoms with Gasteiger partial charge in [-0.05, 0) is 31.4 Å². The molecular formula is C15H23N3O. The van der Waals surface area contributed by atoms with Gasteiger partial charge >= 0.3 is 0 Å². The van der Waals surface area contributed by atoms with Gasteiger partial charge in [0.15, 0.2) is 0 Å². The van der Waals surface area contributed by atoms with E-state index in [0.717, 1.165) is 31.4 Å².